The number of carbonyl (C=O) groups is 3. The zero-order valence-electron chi connectivity index (χ0n) is 24.4. The molecule has 0 saturated carbocycles. The van der Waals surface area contributed by atoms with Crippen molar-refractivity contribution in [2.24, 2.45) is 0 Å². The van der Waals surface area contributed by atoms with E-state index in [4.69, 9.17) is 0 Å². The Morgan fingerprint density at radius 1 is 0.711 bits per heavy atom. The van der Waals surface area contributed by atoms with Crippen LogP contribution in [0.4, 0.5) is 15.8 Å². The zero-order chi connectivity index (χ0) is 31.6. The normalized spacial score (nSPS) is 11.7. The van der Waals surface area contributed by atoms with Crippen LogP contribution >= 0.6 is 11.8 Å². The number of carbonyl (C=O) groups excluding carboxylic acids is 3. The number of aryl methyl sites for hydroxylation is 1. The molecule has 5 aromatic carbocycles. The molecule has 0 aromatic heterocycles. The number of halogens is 1. The number of rotatable bonds is 10. The Hall–Kier alpha value is -5.47. The summed E-state index contributed by atoms with van der Waals surface area (Å²) in [5, 5.41) is 7.98. The fourth-order valence-corrected chi connectivity index (χ4v) is 5.56. The maximum Gasteiger partial charge on any atom is 0.272 e. The SMILES string of the molecule is Cc1cccc(NC(=O)C(Sc2cccc(NC(=O)/C(=C/c3ccc(F)cc3)NC(=O)c3ccccc3)c2)c2ccccc2)c1. The topological polar surface area (TPSA) is 87.3 Å². The number of hydrogen-bond donors (Lipinski definition) is 3. The lowest BCUT2D eigenvalue weighted by Gasteiger charge is -2.18. The van der Waals surface area contributed by atoms with Gasteiger partial charge in [0.1, 0.15) is 16.8 Å². The van der Waals surface area contributed by atoms with Crippen LogP contribution in [0, 0.1) is 12.7 Å². The second-order valence-corrected chi connectivity index (χ2v) is 11.4. The minimum Gasteiger partial charge on any atom is -0.325 e. The van der Waals surface area contributed by atoms with E-state index < -0.39 is 22.9 Å². The van der Waals surface area contributed by atoms with Gasteiger partial charge in [-0.05, 0) is 84.3 Å². The van der Waals surface area contributed by atoms with Gasteiger partial charge in [-0.2, -0.15) is 0 Å². The van der Waals surface area contributed by atoms with Crippen molar-refractivity contribution < 1.29 is 18.8 Å². The van der Waals surface area contributed by atoms with Gasteiger partial charge >= 0.3 is 0 Å². The van der Waals surface area contributed by atoms with Crippen molar-refractivity contribution in [3.05, 3.63) is 167 Å². The van der Waals surface area contributed by atoms with Crippen molar-refractivity contribution in [1.29, 1.82) is 0 Å². The highest BCUT2D eigenvalue weighted by molar-refractivity contribution is 8.00. The van der Waals surface area contributed by atoms with Gasteiger partial charge in [0.25, 0.3) is 11.8 Å². The molecule has 0 aliphatic carbocycles. The first-order valence-corrected chi connectivity index (χ1v) is 15.1. The summed E-state index contributed by atoms with van der Waals surface area (Å²) in [6.45, 7) is 1.96. The van der Waals surface area contributed by atoms with E-state index in [0.29, 0.717) is 22.5 Å². The first-order valence-electron chi connectivity index (χ1n) is 14.2. The third-order valence-corrected chi connectivity index (χ3v) is 7.93. The highest BCUT2D eigenvalue weighted by Gasteiger charge is 2.23. The summed E-state index contributed by atoms with van der Waals surface area (Å²) in [7, 11) is 0. The number of amides is 3. The predicted octanol–water partition coefficient (Wildman–Crippen LogP) is 8.02. The van der Waals surface area contributed by atoms with Crippen LogP contribution in [0.2, 0.25) is 0 Å². The van der Waals surface area contributed by atoms with E-state index in [-0.39, 0.29) is 11.6 Å². The Bertz CT molecular complexity index is 1830. The third-order valence-electron chi connectivity index (χ3n) is 6.68. The van der Waals surface area contributed by atoms with Gasteiger partial charge < -0.3 is 16.0 Å². The van der Waals surface area contributed by atoms with Crippen LogP contribution in [-0.2, 0) is 9.59 Å². The monoisotopic (exact) mass is 615 g/mol. The Labute approximate surface area is 265 Å². The van der Waals surface area contributed by atoms with Gasteiger partial charge in [0.2, 0.25) is 5.91 Å². The third kappa shape index (κ3) is 8.78. The molecule has 5 aromatic rings. The summed E-state index contributed by atoms with van der Waals surface area (Å²) in [6, 6.07) is 38.3. The van der Waals surface area contributed by atoms with Crippen LogP contribution in [0.15, 0.2) is 144 Å². The van der Waals surface area contributed by atoms with Gasteiger partial charge in [-0.3, -0.25) is 14.4 Å². The number of anilines is 2. The van der Waals surface area contributed by atoms with Gasteiger partial charge in [0.05, 0.1) is 0 Å². The van der Waals surface area contributed by atoms with E-state index in [1.165, 1.54) is 42.1 Å². The van der Waals surface area contributed by atoms with Crippen LogP contribution < -0.4 is 16.0 Å². The Morgan fingerprint density at radius 3 is 2.04 bits per heavy atom. The average molecular weight is 616 g/mol. The maximum absolute atomic E-state index is 13.5. The van der Waals surface area contributed by atoms with Gasteiger partial charge in [-0.15, -0.1) is 11.8 Å². The molecular formula is C37H30FN3O3S. The molecule has 3 amide bonds. The number of thioether (sulfide) groups is 1. The Balaban J connectivity index is 1.37. The molecule has 224 valence electrons. The molecule has 0 spiro atoms. The lowest BCUT2D eigenvalue weighted by molar-refractivity contribution is -0.116. The minimum absolute atomic E-state index is 0.0202. The molecule has 0 aliphatic heterocycles. The molecule has 0 bridgehead atoms. The molecule has 0 heterocycles. The molecule has 45 heavy (non-hydrogen) atoms. The van der Waals surface area contributed by atoms with Crippen molar-refractivity contribution in [2.75, 3.05) is 10.6 Å². The summed E-state index contributed by atoms with van der Waals surface area (Å²) in [4.78, 5) is 40.7. The van der Waals surface area contributed by atoms with Crippen molar-refractivity contribution in [1.82, 2.24) is 5.32 Å². The molecule has 1 atom stereocenters. The van der Waals surface area contributed by atoms with E-state index in [1.807, 2.05) is 67.6 Å². The molecule has 0 radical (unpaired) electrons. The average Bonchev–Trinajstić information content (AvgIpc) is 3.05. The van der Waals surface area contributed by atoms with Crippen molar-refractivity contribution in [3.8, 4) is 0 Å². The lowest BCUT2D eigenvalue weighted by atomic mass is 10.1. The summed E-state index contributed by atoms with van der Waals surface area (Å²) >= 11 is 1.35. The van der Waals surface area contributed by atoms with Crippen LogP contribution in [0.1, 0.15) is 32.3 Å². The highest BCUT2D eigenvalue weighted by Crippen LogP contribution is 2.37. The molecule has 1 unspecified atom stereocenters. The zero-order valence-corrected chi connectivity index (χ0v) is 25.2. The molecule has 5 rings (SSSR count). The van der Waals surface area contributed by atoms with Crippen LogP contribution in [0.3, 0.4) is 0 Å². The lowest BCUT2D eigenvalue weighted by Crippen LogP contribution is -2.30. The largest absolute Gasteiger partial charge is 0.325 e. The molecule has 6 nitrogen and oxygen atoms in total. The second-order valence-electron chi connectivity index (χ2n) is 10.2. The van der Waals surface area contributed by atoms with Gasteiger partial charge in [0.15, 0.2) is 0 Å². The minimum atomic E-state index is -0.572. The summed E-state index contributed by atoms with van der Waals surface area (Å²) < 4.78 is 13.5. The van der Waals surface area contributed by atoms with Crippen LogP contribution in [0.5, 0.6) is 0 Å². The van der Waals surface area contributed by atoms with E-state index in [9.17, 15) is 18.8 Å². The van der Waals surface area contributed by atoms with E-state index >= 15 is 0 Å². The molecular weight excluding hydrogens is 585 g/mol. The molecule has 3 N–H and O–H groups in total. The first kappa shape index (κ1) is 31.0. The highest BCUT2D eigenvalue weighted by atomic mass is 32.2. The maximum atomic E-state index is 13.5. The Morgan fingerprint density at radius 2 is 1.36 bits per heavy atom. The van der Waals surface area contributed by atoms with Crippen LogP contribution in [-0.4, -0.2) is 17.7 Å². The summed E-state index contributed by atoms with van der Waals surface area (Å²) in [5.41, 5.74) is 3.93. The molecule has 0 fully saturated rings. The van der Waals surface area contributed by atoms with Crippen molar-refractivity contribution >= 4 is 46.9 Å². The fraction of sp³-hybridized carbons (Fsp3) is 0.0541. The smallest absolute Gasteiger partial charge is 0.272 e. The summed E-state index contributed by atoms with van der Waals surface area (Å²) in [5.74, 6) is -1.63. The van der Waals surface area contributed by atoms with E-state index in [0.717, 1.165) is 16.0 Å². The summed E-state index contributed by atoms with van der Waals surface area (Å²) in [6.07, 6.45) is 1.48. The fourth-order valence-electron chi connectivity index (χ4n) is 4.48. The van der Waals surface area contributed by atoms with E-state index in [1.54, 1.807) is 48.5 Å². The van der Waals surface area contributed by atoms with Crippen molar-refractivity contribution in [3.63, 3.8) is 0 Å². The first-order chi connectivity index (χ1) is 21.8. The standard InChI is InChI=1S/C37H30FN3O3S/c1-25-10-8-15-30(22-25)40-37(44)34(27-11-4-2-5-12-27)45-32-17-9-16-31(24-32)39-36(43)33(23-26-18-20-29(38)21-19-26)41-35(42)28-13-6-3-7-14-28/h2-24,34H,1H3,(H,39,43)(H,40,44)(H,41,42)/b33-23-. The van der Waals surface area contributed by atoms with Gasteiger partial charge in [-0.25, -0.2) is 4.39 Å². The van der Waals surface area contributed by atoms with E-state index in [2.05, 4.69) is 16.0 Å². The second kappa shape index (κ2) is 14.8. The molecule has 0 saturated heterocycles. The van der Waals surface area contributed by atoms with Crippen LogP contribution in [0.25, 0.3) is 6.08 Å². The quantitative estimate of drug-likeness (QED) is 0.110. The molecule has 8 heteroatoms. The Kier molecular flexibility index (Phi) is 10.2. The molecule has 0 aliphatic rings. The van der Waals surface area contributed by atoms with Gasteiger partial charge in [0, 0.05) is 21.8 Å². The number of benzene rings is 5. The number of hydrogen-bond acceptors (Lipinski definition) is 4. The van der Waals surface area contributed by atoms with Gasteiger partial charge in [-0.1, -0.05) is 78.9 Å². The predicted molar refractivity (Wildman–Crippen MR) is 178 cm³/mol. The number of nitrogens with one attached hydrogen (secondary N) is 3. The van der Waals surface area contributed by atoms with Crippen molar-refractivity contribution in [2.45, 2.75) is 17.1 Å².